The number of nitrogens with zero attached hydrogens (tertiary/aromatic N) is 1. The van der Waals surface area contributed by atoms with Crippen LogP contribution in [0, 0.1) is 0 Å². The first-order valence-electron chi connectivity index (χ1n) is 5.71. The van der Waals surface area contributed by atoms with Crippen molar-refractivity contribution in [2.24, 2.45) is 4.99 Å². The summed E-state index contributed by atoms with van der Waals surface area (Å²) in [6.07, 6.45) is 2.03. The highest BCUT2D eigenvalue weighted by Crippen LogP contribution is 2.27. The van der Waals surface area contributed by atoms with Crippen molar-refractivity contribution in [1.82, 2.24) is 0 Å². The molecule has 0 aromatic heterocycles. The van der Waals surface area contributed by atoms with Gasteiger partial charge < -0.3 is 4.74 Å². The molecular weight excluding hydrogens is 222 g/mol. The summed E-state index contributed by atoms with van der Waals surface area (Å²) in [6, 6.07) is 8.06. The van der Waals surface area contributed by atoms with Crippen LogP contribution in [-0.4, -0.2) is 19.0 Å². The van der Waals surface area contributed by atoms with Gasteiger partial charge in [0.1, 0.15) is 0 Å². The van der Waals surface area contributed by atoms with Crippen molar-refractivity contribution in [3.8, 4) is 0 Å². The van der Waals surface area contributed by atoms with Crippen LogP contribution in [0.25, 0.3) is 0 Å². The van der Waals surface area contributed by atoms with E-state index in [9.17, 15) is 0 Å². The van der Waals surface area contributed by atoms with Crippen molar-refractivity contribution in [2.45, 2.75) is 25.7 Å². The minimum Gasteiger partial charge on any atom is -0.481 e. The molecule has 1 aromatic carbocycles. The Kier molecular flexibility index (Phi) is 3.83. The lowest BCUT2D eigenvalue weighted by Crippen LogP contribution is -2.16. The Bertz CT molecular complexity index is 389. The first-order valence-corrected chi connectivity index (χ1v) is 6.09. The van der Waals surface area contributed by atoms with Gasteiger partial charge in [0.05, 0.1) is 6.61 Å². The second-order valence-electron chi connectivity index (χ2n) is 3.96. The molecule has 16 heavy (non-hydrogen) atoms. The number of hydrogen-bond donors (Lipinski definition) is 0. The topological polar surface area (TPSA) is 21.6 Å². The van der Waals surface area contributed by atoms with Gasteiger partial charge in [-0.3, -0.25) is 4.99 Å². The Labute approximate surface area is 101 Å². The van der Waals surface area contributed by atoms with Crippen LogP contribution < -0.4 is 0 Å². The smallest absolute Gasteiger partial charge is 0.183 e. The molecule has 1 heterocycles. The Morgan fingerprint density at radius 2 is 2.38 bits per heavy atom. The van der Waals surface area contributed by atoms with Crippen LogP contribution in [0.5, 0.6) is 0 Å². The average molecular weight is 238 g/mol. The van der Waals surface area contributed by atoms with E-state index >= 15 is 0 Å². The molecule has 2 rings (SSSR count). The van der Waals surface area contributed by atoms with Crippen molar-refractivity contribution >= 4 is 17.5 Å². The molecule has 1 aromatic rings. The molecule has 0 amide bonds. The molecule has 0 unspecified atom stereocenters. The summed E-state index contributed by atoms with van der Waals surface area (Å²) in [5.41, 5.74) is 1.28. The molecule has 1 aliphatic heterocycles. The lowest BCUT2D eigenvalue weighted by atomic mass is 9.92. The molecule has 0 saturated heterocycles. The normalized spacial score (nSPS) is 20.4. The quantitative estimate of drug-likeness (QED) is 0.770. The molecule has 0 fully saturated rings. The van der Waals surface area contributed by atoms with Crippen LogP contribution in [0.15, 0.2) is 29.3 Å². The van der Waals surface area contributed by atoms with Crippen LogP contribution in [0.3, 0.4) is 0 Å². The number of rotatable bonds is 2. The molecule has 2 nitrogen and oxygen atoms in total. The summed E-state index contributed by atoms with van der Waals surface area (Å²) in [6.45, 7) is 3.52. The van der Waals surface area contributed by atoms with Crippen LogP contribution in [0.1, 0.15) is 31.2 Å². The number of aliphatic imine (C=N–C) groups is 1. The van der Waals surface area contributed by atoms with E-state index in [1.54, 1.807) is 0 Å². The number of benzene rings is 1. The zero-order valence-electron chi connectivity index (χ0n) is 9.45. The van der Waals surface area contributed by atoms with Crippen LogP contribution in [0.4, 0.5) is 0 Å². The second-order valence-corrected chi connectivity index (χ2v) is 4.39. The van der Waals surface area contributed by atoms with Crippen molar-refractivity contribution in [3.05, 3.63) is 34.9 Å². The number of ether oxygens (including phenoxy) is 1. The predicted molar refractivity (Wildman–Crippen MR) is 67.4 cm³/mol. The fourth-order valence-electron chi connectivity index (χ4n) is 2.00. The highest BCUT2D eigenvalue weighted by atomic mass is 35.5. The van der Waals surface area contributed by atoms with Gasteiger partial charge in [-0.2, -0.15) is 0 Å². The van der Waals surface area contributed by atoms with Crippen molar-refractivity contribution in [3.63, 3.8) is 0 Å². The highest BCUT2D eigenvalue weighted by molar-refractivity contribution is 6.30. The minimum atomic E-state index is 0.489. The van der Waals surface area contributed by atoms with Gasteiger partial charge in [-0.25, -0.2) is 0 Å². The molecule has 0 radical (unpaired) electrons. The molecule has 1 aliphatic rings. The highest BCUT2D eigenvalue weighted by Gasteiger charge is 2.18. The van der Waals surface area contributed by atoms with Gasteiger partial charge in [-0.15, -0.1) is 0 Å². The average Bonchev–Trinajstić information content (AvgIpc) is 2.30. The Hall–Kier alpha value is -1.02. The molecule has 0 N–H and O–H groups in total. The second kappa shape index (κ2) is 5.35. The van der Waals surface area contributed by atoms with Gasteiger partial charge in [0.25, 0.3) is 0 Å². The lowest BCUT2D eigenvalue weighted by molar-refractivity contribution is 0.307. The number of halogens is 1. The molecule has 0 bridgehead atoms. The zero-order valence-corrected chi connectivity index (χ0v) is 10.2. The standard InChI is InChI=1S/C13H16ClNO/c1-2-16-13-7-6-11(9-15-13)10-4-3-5-12(14)8-10/h3-5,8,11H,2,6-7,9H2,1H3/t11-/m0/s1. The Balaban J connectivity index is 2.04. The molecule has 0 saturated carbocycles. The first-order chi connectivity index (χ1) is 7.79. The van der Waals surface area contributed by atoms with E-state index in [4.69, 9.17) is 16.3 Å². The molecule has 86 valence electrons. The summed E-state index contributed by atoms with van der Waals surface area (Å²) >= 11 is 5.98. The first kappa shape index (κ1) is 11.5. The Morgan fingerprint density at radius 1 is 1.50 bits per heavy atom. The maximum atomic E-state index is 5.98. The fraction of sp³-hybridized carbons (Fsp3) is 0.462. The summed E-state index contributed by atoms with van der Waals surface area (Å²) in [7, 11) is 0. The van der Waals surface area contributed by atoms with Crippen LogP contribution in [-0.2, 0) is 4.74 Å². The van der Waals surface area contributed by atoms with Crippen molar-refractivity contribution in [2.75, 3.05) is 13.2 Å². The Morgan fingerprint density at radius 3 is 3.00 bits per heavy atom. The lowest BCUT2D eigenvalue weighted by Gasteiger charge is -2.21. The van der Waals surface area contributed by atoms with E-state index in [1.807, 2.05) is 25.1 Å². The molecule has 1 atom stereocenters. The third-order valence-electron chi connectivity index (χ3n) is 2.83. The van der Waals surface area contributed by atoms with Gasteiger partial charge in [-0.05, 0) is 31.0 Å². The van der Waals surface area contributed by atoms with Crippen molar-refractivity contribution in [1.29, 1.82) is 0 Å². The fourth-order valence-corrected chi connectivity index (χ4v) is 2.20. The monoisotopic (exact) mass is 237 g/mol. The van der Waals surface area contributed by atoms with Crippen molar-refractivity contribution < 1.29 is 4.74 Å². The largest absolute Gasteiger partial charge is 0.481 e. The van der Waals surface area contributed by atoms with Gasteiger partial charge in [0, 0.05) is 23.9 Å². The van der Waals surface area contributed by atoms with Gasteiger partial charge >= 0.3 is 0 Å². The third kappa shape index (κ3) is 2.76. The molecule has 0 spiro atoms. The van der Waals surface area contributed by atoms with E-state index in [0.717, 1.165) is 30.3 Å². The summed E-state index contributed by atoms with van der Waals surface area (Å²) in [4.78, 5) is 4.46. The van der Waals surface area contributed by atoms with E-state index < -0.39 is 0 Å². The maximum Gasteiger partial charge on any atom is 0.183 e. The molecule has 0 aliphatic carbocycles. The van der Waals surface area contributed by atoms with E-state index in [2.05, 4.69) is 11.1 Å². The summed E-state index contributed by atoms with van der Waals surface area (Å²) in [5, 5.41) is 0.803. The SMILES string of the molecule is CCOC1=NC[C@@H](c2cccc(Cl)c2)CC1. The summed E-state index contributed by atoms with van der Waals surface area (Å²) in [5.74, 6) is 1.39. The van der Waals surface area contributed by atoms with E-state index in [-0.39, 0.29) is 0 Å². The van der Waals surface area contributed by atoms with Crippen LogP contribution >= 0.6 is 11.6 Å². The number of hydrogen-bond acceptors (Lipinski definition) is 2. The van der Waals surface area contributed by atoms with Gasteiger partial charge in [-0.1, -0.05) is 23.7 Å². The van der Waals surface area contributed by atoms with Crippen LogP contribution in [0.2, 0.25) is 5.02 Å². The predicted octanol–water partition coefficient (Wildman–Crippen LogP) is 3.65. The zero-order chi connectivity index (χ0) is 11.4. The van der Waals surface area contributed by atoms with Gasteiger partial charge in [0.15, 0.2) is 5.90 Å². The van der Waals surface area contributed by atoms with E-state index in [1.165, 1.54) is 5.56 Å². The third-order valence-corrected chi connectivity index (χ3v) is 3.06. The van der Waals surface area contributed by atoms with Gasteiger partial charge in [0.2, 0.25) is 0 Å². The van der Waals surface area contributed by atoms with E-state index in [0.29, 0.717) is 12.5 Å². The summed E-state index contributed by atoms with van der Waals surface area (Å²) < 4.78 is 5.41. The molecular formula is C13H16ClNO. The molecule has 3 heteroatoms. The minimum absolute atomic E-state index is 0.489. The maximum absolute atomic E-state index is 5.98.